The molecule has 3 aromatic rings. The first-order chi connectivity index (χ1) is 16.1. The first-order valence-corrected chi connectivity index (χ1v) is 11.8. The van der Waals surface area contributed by atoms with Crippen molar-refractivity contribution >= 4 is 11.7 Å². The van der Waals surface area contributed by atoms with E-state index in [0.29, 0.717) is 12.1 Å². The molecule has 0 bridgehead atoms. The molecule has 0 saturated carbocycles. The van der Waals surface area contributed by atoms with Crippen LogP contribution in [0.2, 0.25) is 0 Å². The Kier molecular flexibility index (Phi) is 9.40. The van der Waals surface area contributed by atoms with Crippen molar-refractivity contribution in [3.63, 3.8) is 0 Å². The molecule has 0 heterocycles. The van der Waals surface area contributed by atoms with E-state index >= 15 is 0 Å². The second-order valence-corrected chi connectivity index (χ2v) is 8.36. The Hall–Kier alpha value is -3.24. The molecule has 0 radical (unpaired) electrons. The highest BCUT2D eigenvalue weighted by Gasteiger charge is 2.19. The Morgan fingerprint density at radius 1 is 0.788 bits per heavy atom. The number of carboxylic acids is 1. The molecule has 0 amide bonds. The van der Waals surface area contributed by atoms with E-state index in [1.54, 1.807) is 0 Å². The summed E-state index contributed by atoms with van der Waals surface area (Å²) in [5.41, 5.74) is 4.77. The zero-order valence-electron chi connectivity index (χ0n) is 19.7. The molecule has 33 heavy (non-hydrogen) atoms. The van der Waals surface area contributed by atoms with Gasteiger partial charge >= 0.3 is 5.97 Å². The van der Waals surface area contributed by atoms with Crippen LogP contribution in [0.5, 0.6) is 0 Å². The largest absolute Gasteiger partial charge is 0.480 e. The molecular weight excluding hydrogens is 408 g/mol. The molecule has 1 atom stereocenters. The molecule has 172 valence electrons. The maximum atomic E-state index is 12.1. The maximum Gasteiger partial charge on any atom is 0.328 e. The minimum atomic E-state index is -0.916. The number of benzene rings is 3. The Morgan fingerprint density at radius 2 is 1.27 bits per heavy atom. The molecule has 1 unspecified atom stereocenters. The summed E-state index contributed by atoms with van der Waals surface area (Å²) >= 11 is 0. The summed E-state index contributed by atoms with van der Waals surface area (Å²) in [5, 5.41) is 9.96. The van der Waals surface area contributed by atoms with Crippen LogP contribution in [0.3, 0.4) is 0 Å². The Bertz CT molecular complexity index is 967. The number of carboxylic acid groups (broad SMARTS) is 1. The van der Waals surface area contributed by atoms with Gasteiger partial charge in [-0.15, -0.1) is 0 Å². The summed E-state index contributed by atoms with van der Waals surface area (Å²) in [4.78, 5) is 19.3. The van der Waals surface area contributed by atoms with E-state index in [-0.39, 0.29) is 0 Å². The number of aliphatic imine (C=N–C) groups is 1. The second kappa shape index (κ2) is 12.7. The summed E-state index contributed by atoms with van der Waals surface area (Å²) in [5.74, 6) is -0.916. The first kappa shape index (κ1) is 24.4. The predicted octanol–water partition coefficient (Wildman–Crippen LogP) is 5.84. The monoisotopic (exact) mass is 442 g/mol. The fourth-order valence-corrected chi connectivity index (χ4v) is 4.02. The van der Waals surface area contributed by atoms with E-state index in [0.717, 1.165) is 49.2 Å². The van der Waals surface area contributed by atoms with Gasteiger partial charge in [-0.05, 0) is 37.1 Å². The lowest BCUT2D eigenvalue weighted by Crippen LogP contribution is -2.25. The fourth-order valence-electron chi connectivity index (χ4n) is 4.02. The molecule has 4 heteroatoms. The van der Waals surface area contributed by atoms with Crippen molar-refractivity contribution in [2.75, 3.05) is 13.1 Å². The molecule has 0 spiro atoms. The van der Waals surface area contributed by atoms with E-state index in [4.69, 9.17) is 4.99 Å². The van der Waals surface area contributed by atoms with Gasteiger partial charge in [-0.2, -0.15) is 0 Å². The molecule has 0 fully saturated rings. The van der Waals surface area contributed by atoms with Gasteiger partial charge in [0.2, 0.25) is 0 Å². The molecule has 3 aromatic carbocycles. The van der Waals surface area contributed by atoms with Crippen LogP contribution in [0.4, 0.5) is 0 Å². The molecular formula is C29H34N2O2. The summed E-state index contributed by atoms with van der Waals surface area (Å²) in [6.07, 6.45) is 2.63. The lowest BCUT2D eigenvalue weighted by molar-refractivity contribution is -0.138. The average molecular weight is 443 g/mol. The molecule has 1 N–H and O–H groups in total. The summed E-state index contributed by atoms with van der Waals surface area (Å²) < 4.78 is 0. The van der Waals surface area contributed by atoms with E-state index in [9.17, 15) is 9.90 Å². The first-order valence-electron chi connectivity index (χ1n) is 11.8. The van der Waals surface area contributed by atoms with Gasteiger partial charge < -0.3 is 5.11 Å². The van der Waals surface area contributed by atoms with Crippen molar-refractivity contribution < 1.29 is 9.90 Å². The third kappa shape index (κ3) is 7.40. The van der Waals surface area contributed by atoms with Crippen molar-refractivity contribution in [3.05, 3.63) is 107 Å². The Labute approximate surface area is 197 Å². The van der Waals surface area contributed by atoms with Gasteiger partial charge in [0, 0.05) is 24.1 Å². The number of carbonyl (C=O) groups is 1. The predicted molar refractivity (Wildman–Crippen MR) is 136 cm³/mol. The summed E-state index contributed by atoms with van der Waals surface area (Å²) in [6, 6.07) is 27.0. The van der Waals surface area contributed by atoms with Crippen LogP contribution in [0, 0.1) is 0 Å². The van der Waals surface area contributed by atoms with Gasteiger partial charge in [0.05, 0.1) is 5.71 Å². The number of hydrogen-bond donors (Lipinski definition) is 1. The van der Waals surface area contributed by atoms with Crippen LogP contribution in [0.15, 0.2) is 89.9 Å². The summed E-state index contributed by atoms with van der Waals surface area (Å²) in [7, 11) is 0. The van der Waals surface area contributed by atoms with Crippen LogP contribution >= 0.6 is 0 Å². The highest BCUT2D eigenvalue weighted by atomic mass is 16.4. The van der Waals surface area contributed by atoms with Crippen molar-refractivity contribution in [2.24, 2.45) is 4.99 Å². The normalized spacial score (nSPS) is 11.8. The quantitative estimate of drug-likeness (QED) is 0.358. The van der Waals surface area contributed by atoms with E-state index in [2.05, 4.69) is 30.9 Å². The van der Waals surface area contributed by atoms with Gasteiger partial charge in [0.15, 0.2) is 6.04 Å². The maximum absolute atomic E-state index is 12.1. The van der Waals surface area contributed by atoms with Gasteiger partial charge in [-0.1, -0.05) is 98.8 Å². The lowest BCUT2D eigenvalue weighted by atomic mass is 10.00. The van der Waals surface area contributed by atoms with Crippen LogP contribution in [-0.2, 0) is 17.8 Å². The topological polar surface area (TPSA) is 52.9 Å². The fraction of sp³-hybridized carbons (Fsp3) is 0.310. The highest BCUT2D eigenvalue weighted by Crippen LogP contribution is 2.16. The molecule has 4 nitrogen and oxygen atoms in total. The SMILES string of the molecule is CCCN(CCC)Cc1ccc(CC(N=C(c2ccccc2)c2ccccc2)C(=O)O)cc1. The average Bonchev–Trinajstić information content (AvgIpc) is 2.84. The van der Waals surface area contributed by atoms with Gasteiger partial charge in [-0.25, -0.2) is 4.79 Å². The zero-order valence-corrected chi connectivity index (χ0v) is 19.7. The van der Waals surface area contributed by atoms with Gasteiger partial charge in [0.25, 0.3) is 0 Å². The molecule has 0 aliphatic rings. The van der Waals surface area contributed by atoms with Gasteiger partial charge in [0.1, 0.15) is 0 Å². The molecule has 0 aliphatic carbocycles. The number of hydrogen-bond acceptors (Lipinski definition) is 3. The third-order valence-electron chi connectivity index (χ3n) is 5.60. The second-order valence-electron chi connectivity index (χ2n) is 8.36. The molecule has 3 rings (SSSR count). The number of nitrogens with zero attached hydrogens (tertiary/aromatic N) is 2. The molecule has 0 saturated heterocycles. The Balaban J connectivity index is 1.82. The standard InChI is InChI=1S/C29H34N2O2/c1-3-19-31(20-4-2)22-24-17-15-23(16-18-24)21-27(29(32)33)30-28(25-11-7-5-8-12-25)26-13-9-6-10-14-26/h5-18,27H,3-4,19-22H2,1-2H3,(H,32,33). The molecule has 0 aromatic heterocycles. The third-order valence-corrected chi connectivity index (χ3v) is 5.60. The smallest absolute Gasteiger partial charge is 0.328 e. The van der Waals surface area contributed by atoms with Gasteiger partial charge in [-0.3, -0.25) is 9.89 Å². The molecule has 0 aliphatic heterocycles. The van der Waals surface area contributed by atoms with Crippen LogP contribution in [0.1, 0.15) is 48.9 Å². The van der Waals surface area contributed by atoms with Crippen LogP contribution < -0.4 is 0 Å². The van der Waals surface area contributed by atoms with Crippen molar-refractivity contribution in [3.8, 4) is 0 Å². The van der Waals surface area contributed by atoms with Crippen LogP contribution in [-0.4, -0.2) is 40.8 Å². The van der Waals surface area contributed by atoms with Crippen molar-refractivity contribution in [2.45, 2.75) is 45.7 Å². The highest BCUT2D eigenvalue weighted by molar-refractivity contribution is 6.13. The van der Waals surface area contributed by atoms with E-state index in [1.165, 1.54) is 5.56 Å². The van der Waals surface area contributed by atoms with E-state index < -0.39 is 12.0 Å². The minimum absolute atomic E-state index is 0.354. The number of rotatable bonds is 12. The Morgan fingerprint density at radius 3 is 1.73 bits per heavy atom. The van der Waals surface area contributed by atoms with Crippen molar-refractivity contribution in [1.82, 2.24) is 4.90 Å². The van der Waals surface area contributed by atoms with Crippen LogP contribution in [0.25, 0.3) is 0 Å². The zero-order chi connectivity index (χ0) is 23.5. The lowest BCUT2D eigenvalue weighted by Gasteiger charge is -2.21. The summed E-state index contributed by atoms with van der Waals surface area (Å²) in [6.45, 7) is 7.52. The number of aliphatic carboxylic acids is 1. The minimum Gasteiger partial charge on any atom is -0.480 e. The van der Waals surface area contributed by atoms with E-state index in [1.807, 2.05) is 72.8 Å². The van der Waals surface area contributed by atoms with Crippen molar-refractivity contribution in [1.29, 1.82) is 0 Å².